The Labute approximate surface area is 220 Å². The van der Waals surface area contributed by atoms with Gasteiger partial charge < -0.3 is 19.5 Å². The number of nitrogens with one attached hydrogen (secondary N) is 3. The van der Waals surface area contributed by atoms with E-state index in [9.17, 15) is 19.2 Å². The van der Waals surface area contributed by atoms with Crippen molar-refractivity contribution >= 4 is 30.0 Å². The minimum Gasteiger partial charge on any atom is -0.469 e. The Morgan fingerprint density at radius 3 is 1.76 bits per heavy atom. The largest absolute Gasteiger partial charge is 0.469 e. The van der Waals surface area contributed by atoms with E-state index in [0.717, 1.165) is 12.8 Å². The number of esters is 1. The van der Waals surface area contributed by atoms with Crippen molar-refractivity contribution < 1.29 is 33.4 Å². The molecular formula is C26H46N4O7. The SMILES string of the molecule is CCC(CC)[C@H](NC(C)=O)C1C[C@@H](C(=O)OC)C[C@H]1N=C(NC(=O)OC(C)(C)C)NC(=O)OC(C)(C)C. The first kappa shape index (κ1) is 32.2. The van der Waals surface area contributed by atoms with Crippen molar-refractivity contribution in [3.05, 3.63) is 0 Å². The molecule has 212 valence electrons. The maximum Gasteiger partial charge on any atom is 0.414 e. The number of guanidine groups is 1. The maximum absolute atomic E-state index is 12.6. The maximum atomic E-state index is 12.6. The molecular weight excluding hydrogens is 480 g/mol. The molecule has 1 saturated carbocycles. The highest BCUT2D eigenvalue weighted by Gasteiger charge is 2.44. The number of amides is 3. The molecule has 0 aromatic rings. The van der Waals surface area contributed by atoms with Gasteiger partial charge in [-0.3, -0.25) is 20.2 Å². The molecule has 1 rings (SSSR count). The molecule has 37 heavy (non-hydrogen) atoms. The molecule has 11 heteroatoms. The van der Waals surface area contributed by atoms with E-state index in [0.29, 0.717) is 12.8 Å². The molecule has 0 spiro atoms. The van der Waals surface area contributed by atoms with Gasteiger partial charge in [-0.2, -0.15) is 0 Å². The Morgan fingerprint density at radius 2 is 1.38 bits per heavy atom. The van der Waals surface area contributed by atoms with E-state index >= 15 is 0 Å². The summed E-state index contributed by atoms with van der Waals surface area (Å²) in [5, 5.41) is 8.08. The second-order valence-corrected chi connectivity index (χ2v) is 11.5. The van der Waals surface area contributed by atoms with Crippen molar-refractivity contribution in [1.29, 1.82) is 0 Å². The van der Waals surface area contributed by atoms with Gasteiger partial charge in [0.25, 0.3) is 0 Å². The number of hydrogen-bond acceptors (Lipinski definition) is 8. The monoisotopic (exact) mass is 526 g/mol. The van der Waals surface area contributed by atoms with Gasteiger partial charge >= 0.3 is 18.2 Å². The number of methoxy groups -OCH3 is 1. The van der Waals surface area contributed by atoms with Crippen molar-refractivity contribution in [3.8, 4) is 0 Å². The third-order valence-corrected chi connectivity index (χ3v) is 6.03. The van der Waals surface area contributed by atoms with Crippen LogP contribution in [0.25, 0.3) is 0 Å². The predicted octanol–water partition coefficient (Wildman–Crippen LogP) is 3.90. The van der Waals surface area contributed by atoms with Gasteiger partial charge in [0.05, 0.1) is 19.1 Å². The average Bonchev–Trinajstić information content (AvgIpc) is 3.13. The Hall–Kier alpha value is -2.85. The first-order valence-corrected chi connectivity index (χ1v) is 12.9. The summed E-state index contributed by atoms with van der Waals surface area (Å²) < 4.78 is 15.7. The number of hydrogen-bond donors (Lipinski definition) is 3. The summed E-state index contributed by atoms with van der Waals surface area (Å²) in [6.45, 7) is 15.8. The molecule has 0 heterocycles. The Bertz CT molecular complexity index is 809. The van der Waals surface area contributed by atoms with Gasteiger partial charge in [-0.15, -0.1) is 0 Å². The van der Waals surface area contributed by atoms with E-state index in [1.54, 1.807) is 41.5 Å². The second-order valence-electron chi connectivity index (χ2n) is 11.5. The highest BCUT2D eigenvalue weighted by atomic mass is 16.6. The quantitative estimate of drug-likeness (QED) is 0.197. The van der Waals surface area contributed by atoms with Crippen molar-refractivity contribution in [2.45, 2.75) is 111 Å². The predicted molar refractivity (Wildman–Crippen MR) is 140 cm³/mol. The molecule has 11 nitrogen and oxygen atoms in total. The fraction of sp³-hybridized carbons (Fsp3) is 0.808. The minimum atomic E-state index is -0.806. The third kappa shape index (κ3) is 11.4. The Balaban J connectivity index is 3.45. The van der Waals surface area contributed by atoms with Crippen LogP contribution < -0.4 is 16.0 Å². The number of carbonyl (C=O) groups excluding carboxylic acids is 4. The second kappa shape index (κ2) is 13.6. The van der Waals surface area contributed by atoms with Crippen molar-refractivity contribution in [2.24, 2.45) is 22.7 Å². The highest BCUT2D eigenvalue weighted by molar-refractivity contribution is 6.01. The lowest BCUT2D eigenvalue weighted by Crippen LogP contribution is -2.49. The van der Waals surface area contributed by atoms with Gasteiger partial charge in [0.1, 0.15) is 11.2 Å². The molecule has 0 bridgehead atoms. The highest BCUT2D eigenvalue weighted by Crippen LogP contribution is 2.39. The molecule has 3 N–H and O–H groups in total. The summed E-state index contributed by atoms with van der Waals surface area (Å²) in [7, 11) is 1.33. The third-order valence-electron chi connectivity index (χ3n) is 6.03. The average molecular weight is 527 g/mol. The van der Waals surface area contributed by atoms with E-state index in [4.69, 9.17) is 14.2 Å². The number of nitrogens with zero attached hydrogens (tertiary/aromatic N) is 1. The van der Waals surface area contributed by atoms with E-state index < -0.39 is 35.3 Å². The van der Waals surface area contributed by atoms with Gasteiger partial charge in [-0.25, -0.2) is 14.6 Å². The van der Waals surface area contributed by atoms with Crippen LogP contribution in [-0.2, 0) is 23.8 Å². The normalized spacial score (nSPS) is 20.5. The zero-order valence-electron chi connectivity index (χ0n) is 24.0. The first-order valence-electron chi connectivity index (χ1n) is 12.9. The van der Waals surface area contributed by atoms with Crippen LogP contribution in [0.3, 0.4) is 0 Å². The number of alkyl carbamates (subject to hydrolysis) is 2. The molecule has 0 aliphatic heterocycles. The van der Waals surface area contributed by atoms with Crippen LogP contribution in [0.15, 0.2) is 4.99 Å². The van der Waals surface area contributed by atoms with Gasteiger partial charge in [0.15, 0.2) is 0 Å². The van der Waals surface area contributed by atoms with Gasteiger partial charge in [-0.05, 0) is 60.3 Å². The smallest absolute Gasteiger partial charge is 0.414 e. The number of aliphatic imine (C=N–C) groups is 1. The van der Waals surface area contributed by atoms with Gasteiger partial charge in [0, 0.05) is 18.9 Å². The van der Waals surface area contributed by atoms with Crippen LogP contribution in [0, 0.1) is 17.8 Å². The van der Waals surface area contributed by atoms with Crippen LogP contribution in [0.2, 0.25) is 0 Å². The topological polar surface area (TPSA) is 144 Å². The zero-order chi connectivity index (χ0) is 28.6. The fourth-order valence-corrected chi connectivity index (χ4v) is 4.61. The van der Waals surface area contributed by atoms with E-state index in [1.165, 1.54) is 14.0 Å². The molecule has 1 unspecified atom stereocenters. The lowest BCUT2D eigenvalue weighted by molar-refractivity contribution is -0.145. The van der Waals surface area contributed by atoms with Crippen molar-refractivity contribution in [2.75, 3.05) is 7.11 Å². The molecule has 4 atom stereocenters. The van der Waals surface area contributed by atoms with Crippen LogP contribution in [-0.4, -0.2) is 60.4 Å². The van der Waals surface area contributed by atoms with Crippen molar-refractivity contribution in [1.82, 2.24) is 16.0 Å². The molecule has 1 aliphatic carbocycles. The molecule has 1 fully saturated rings. The van der Waals surface area contributed by atoms with Gasteiger partial charge in [-0.1, -0.05) is 26.7 Å². The summed E-state index contributed by atoms with van der Waals surface area (Å²) in [5.74, 6) is -1.25. The zero-order valence-corrected chi connectivity index (χ0v) is 24.0. The van der Waals surface area contributed by atoms with Crippen LogP contribution in [0.4, 0.5) is 9.59 Å². The molecule has 0 saturated heterocycles. The Kier molecular flexibility index (Phi) is 11.8. The lowest BCUT2D eigenvalue weighted by atomic mass is 9.81. The summed E-state index contributed by atoms with van der Waals surface area (Å²) in [6, 6.07) is -0.776. The van der Waals surface area contributed by atoms with E-state index in [-0.39, 0.29) is 35.7 Å². The van der Waals surface area contributed by atoms with Gasteiger partial charge in [0.2, 0.25) is 11.9 Å². The van der Waals surface area contributed by atoms with Crippen LogP contribution in [0.1, 0.15) is 88.0 Å². The fourth-order valence-electron chi connectivity index (χ4n) is 4.61. The van der Waals surface area contributed by atoms with Crippen LogP contribution in [0.5, 0.6) is 0 Å². The standard InChI is InChI=1S/C26H46N4O7/c1-11-16(12-2)20(27-15(3)31)18-13-17(21(32)35-10)14-19(18)28-22(29-23(33)36-25(4,5)6)30-24(34)37-26(7,8)9/h16-20H,11-14H2,1-10H3,(H,27,31)(H2,28,29,30,33,34)/t17-,18?,19-,20+/m1/s1. The number of ether oxygens (including phenoxy) is 3. The molecule has 1 aliphatic rings. The Morgan fingerprint density at radius 1 is 0.892 bits per heavy atom. The molecule has 0 aromatic carbocycles. The van der Waals surface area contributed by atoms with E-state index in [2.05, 4.69) is 20.9 Å². The number of rotatable bonds is 7. The summed E-state index contributed by atoms with van der Waals surface area (Å²) in [6.07, 6.45) is 0.782. The summed E-state index contributed by atoms with van der Waals surface area (Å²) in [4.78, 5) is 54.4. The van der Waals surface area contributed by atoms with Crippen LogP contribution >= 0.6 is 0 Å². The molecule has 0 aromatic heterocycles. The number of carbonyl (C=O) groups is 4. The van der Waals surface area contributed by atoms with E-state index in [1.807, 2.05) is 13.8 Å². The first-order chi connectivity index (χ1) is 17.0. The summed E-state index contributed by atoms with van der Waals surface area (Å²) >= 11 is 0. The molecule has 0 radical (unpaired) electrons. The molecule has 3 amide bonds. The minimum absolute atomic E-state index is 0.143. The van der Waals surface area contributed by atoms with Crippen molar-refractivity contribution in [3.63, 3.8) is 0 Å². The summed E-state index contributed by atoms with van der Waals surface area (Å²) in [5.41, 5.74) is -1.56. The lowest BCUT2D eigenvalue weighted by Gasteiger charge is -2.33.